The highest BCUT2D eigenvalue weighted by Crippen LogP contribution is 2.52. The molecule has 150 valence electrons. The van der Waals surface area contributed by atoms with Gasteiger partial charge in [-0.05, 0) is 61.7 Å². The van der Waals surface area contributed by atoms with E-state index in [1.165, 1.54) is 30.7 Å². The number of aromatic nitrogens is 3. The van der Waals surface area contributed by atoms with Gasteiger partial charge in [-0.2, -0.15) is 0 Å². The molecule has 2 aromatic heterocycles. The van der Waals surface area contributed by atoms with Crippen molar-refractivity contribution >= 4 is 22.0 Å². The number of carbonyl (C=O) groups excluding carboxylic acids is 1. The van der Waals surface area contributed by atoms with Crippen LogP contribution in [-0.2, 0) is 10.2 Å². The van der Waals surface area contributed by atoms with Gasteiger partial charge in [-0.15, -0.1) is 0 Å². The number of nitrogens with zero attached hydrogens (tertiary/aromatic N) is 3. The van der Waals surface area contributed by atoms with Crippen molar-refractivity contribution in [3.8, 4) is 0 Å². The number of ether oxygens (including phenoxy) is 1. The number of pyridine rings is 1. The lowest BCUT2D eigenvalue weighted by atomic mass is 9.60. The summed E-state index contributed by atoms with van der Waals surface area (Å²) >= 11 is 3.26. The van der Waals surface area contributed by atoms with E-state index in [1.54, 1.807) is 20.8 Å². The van der Waals surface area contributed by atoms with Crippen molar-refractivity contribution in [3.63, 3.8) is 0 Å². The van der Waals surface area contributed by atoms with Gasteiger partial charge < -0.3 is 10.1 Å². The normalized spacial score (nSPS) is 22.9. The van der Waals surface area contributed by atoms with Gasteiger partial charge in [-0.25, -0.2) is 23.5 Å². The standard InChI is InChI=1S/C19H21BrF2N4O2/c1-18(2,3)28-17(27)26-15(16-24-9-11(20)10-25-16)19(7-12(21)8-19)14-13(22)5-4-6-23-14/h4-6,9-10,12,15H,7-8H2,1-3H3,(H,26,27). The molecular weight excluding hydrogens is 434 g/mol. The zero-order valence-electron chi connectivity index (χ0n) is 15.7. The summed E-state index contributed by atoms with van der Waals surface area (Å²) in [6.45, 7) is 5.19. The van der Waals surface area contributed by atoms with E-state index in [0.29, 0.717) is 4.47 Å². The lowest BCUT2D eigenvalue weighted by Gasteiger charge is -2.48. The monoisotopic (exact) mass is 454 g/mol. The minimum Gasteiger partial charge on any atom is -0.444 e. The van der Waals surface area contributed by atoms with E-state index in [1.807, 2.05) is 0 Å². The van der Waals surface area contributed by atoms with Crippen LogP contribution < -0.4 is 5.32 Å². The predicted octanol–water partition coefficient (Wildman–Crippen LogP) is 4.41. The SMILES string of the molecule is CC(C)(C)OC(=O)NC(c1ncc(Br)cn1)C1(c2ncccc2F)CC(F)C1. The summed E-state index contributed by atoms with van der Waals surface area (Å²) in [6.07, 6.45) is 2.59. The molecule has 0 aliphatic heterocycles. The van der Waals surface area contributed by atoms with E-state index in [2.05, 4.69) is 36.2 Å². The fourth-order valence-electron chi connectivity index (χ4n) is 3.40. The minimum atomic E-state index is -1.14. The van der Waals surface area contributed by atoms with E-state index in [4.69, 9.17) is 4.74 Å². The van der Waals surface area contributed by atoms with Crippen molar-refractivity contribution in [1.82, 2.24) is 20.3 Å². The lowest BCUT2D eigenvalue weighted by molar-refractivity contribution is 0.0251. The Bertz CT molecular complexity index is 852. The third-order valence-electron chi connectivity index (χ3n) is 4.51. The predicted molar refractivity (Wildman–Crippen MR) is 102 cm³/mol. The summed E-state index contributed by atoms with van der Waals surface area (Å²) in [7, 11) is 0. The smallest absolute Gasteiger partial charge is 0.408 e. The first-order chi connectivity index (χ1) is 13.1. The number of amides is 1. The number of rotatable bonds is 4. The molecule has 0 bridgehead atoms. The Kier molecular flexibility index (Phi) is 5.65. The van der Waals surface area contributed by atoms with Crippen LogP contribution in [0.1, 0.15) is 51.2 Å². The van der Waals surface area contributed by atoms with Gasteiger partial charge in [-0.3, -0.25) is 4.98 Å². The second kappa shape index (κ2) is 7.69. The molecule has 1 fully saturated rings. The number of alkyl carbamates (subject to hydrolysis) is 1. The average molecular weight is 455 g/mol. The quantitative estimate of drug-likeness (QED) is 0.739. The van der Waals surface area contributed by atoms with Gasteiger partial charge in [0.05, 0.1) is 10.2 Å². The van der Waals surface area contributed by atoms with Crippen molar-refractivity contribution in [1.29, 1.82) is 0 Å². The maximum atomic E-state index is 14.6. The highest BCUT2D eigenvalue weighted by Gasteiger charge is 2.56. The third-order valence-corrected chi connectivity index (χ3v) is 4.92. The molecule has 1 aliphatic rings. The van der Waals surface area contributed by atoms with Gasteiger partial charge in [0.15, 0.2) is 5.82 Å². The van der Waals surface area contributed by atoms with E-state index in [-0.39, 0.29) is 24.4 Å². The van der Waals surface area contributed by atoms with Crippen molar-refractivity contribution in [2.45, 2.75) is 56.8 Å². The average Bonchev–Trinajstić information content (AvgIpc) is 2.57. The topological polar surface area (TPSA) is 77.0 Å². The number of halogens is 3. The lowest BCUT2D eigenvalue weighted by Crippen LogP contribution is -2.54. The Balaban J connectivity index is 2.04. The second-order valence-corrected chi connectivity index (χ2v) is 8.75. The van der Waals surface area contributed by atoms with Crippen molar-refractivity contribution in [2.75, 3.05) is 0 Å². The van der Waals surface area contributed by atoms with Crippen LogP contribution in [0.5, 0.6) is 0 Å². The van der Waals surface area contributed by atoms with Crippen LogP contribution in [0.4, 0.5) is 13.6 Å². The number of alkyl halides is 1. The molecule has 3 rings (SSSR count). The number of carbonyl (C=O) groups is 1. The molecule has 1 saturated carbocycles. The zero-order valence-corrected chi connectivity index (χ0v) is 17.3. The Labute approximate surface area is 170 Å². The Hall–Kier alpha value is -2.16. The molecule has 0 aromatic carbocycles. The molecule has 1 unspecified atom stereocenters. The third kappa shape index (κ3) is 4.29. The molecule has 0 saturated heterocycles. The number of hydrogen-bond acceptors (Lipinski definition) is 5. The summed E-state index contributed by atoms with van der Waals surface area (Å²) in [5.74, 6) is -0.339. The fourth-order valence-corrected chi connectivity index (χ4v) is 3.60. The van der Waals surface area contributed by atoms with E-state index in [0.717, 1.165) is 0 Å². The fraction of sp³-hybridized carbons (Fsp3) is 0.474. The van der Waals surface area contributed by atoms with Crippen LogP contribution in [0.15, 0.2) is 35.2 Å². The maximum Gasteiger partial charge on any atom is 0.408 e. The number of nitrogens with one attached hydrogen (secondary N) is 1. The van der Waals surface area contributed by atoms with E-state index >= 15 is 0 Å². The van der Waals surface area contributed by atoms with Crippen molar-refractivity contribution < 1.29 is 18.3 Å². The van der Waals surface area contributed by atoms with Crippen LogP contribution in [-0.4, -0.2) is 32.8 Å². The molecule has 1 amide bonds. The highest BCUT2D eigenvalue weighted by molar-refractivity contribution is 9.10. The molecule has 28 heavy (non-hydrogen) atoms. The van der Waals surface area contributed by atoms with Gasteiger partial charge in [0, 0.05) is 24.0 Å². The van der Waals surface area contributed by atoms with Crippen LogP contribution in [0.2, 0.25) is 0 Å². The summed E-state index contributed by atoms with van der Waals surface area (Å²) < 4.78 is 34.6. The molecule has 1 N–H and O–H groups in total. The molecular formula is C19H21BrF2N4O2. The van der Waals surface area contributed by atoms with Crippen molar-refractivity contribution in [3.05, 3.63) is 52.5 Å². The van der Waals surface area contributed by atoms with Gasteiger partial charge in [0.2, 0.25) is 0 Å². The first kappa shape index (κ1) is 20.6. The summed E-state index contributed by atoms with van der Waals surface area (Å²) in [4.78, 5) is 25.2. The highest BCUT2D eigenvalue weighted by atomic mass is 79.9. The molecule has 2 heterocycles. The van der Waals surface area contributed by atoms with E-state index < -0.39 is 35.1 Å². The Morgan fingerprint density at radius 3 is 2.50 bits per heavy atom. The van der Waals surface area contributed by atoms with E-state index in [9.17, 15) is 13.6 Å². The first-order valence-corrected chi connectivity index (χ1v) is 9.62. The Morgan fingerprint density at radius 2 is 1.96 bits per heavy atom. The van der Waals surface area contributed by atoms with Gasteiger partial charge in [-0.1, -0.05) is 0 Å². The summed E-state index contributed by atoms with van der Waals surface area (Å²) in [6, 6.07) is 1.82. The number of hydrogen-bond donors (Lipinski definition) is 1. The Morgan fingerprint density at radius 1 is 1.32 bits per heavy atom. The van der Waals surface area contributed by atoms with Crippen LogP contribution >= 0.6 is 15.9 Å². The van der Waals surface area contributed by atoms with Crippen LogP contribution in [0.25, 0.3) is 0 Å². The van der Waals surface area contributed by atoms with Gasteiger partial charge in [0.1, 0.15) is 23.6 Å². The molecule has 1 aliphatic carbocycles. The zero-order chi connectivity index (χ0) is 20.5. The summed E-state index contributed by atoms with van der Waals surface area (Å²) in [5.41, 5.74) is -1.77. The van der Waals surface area contributed by atoms with Crippen molar-refractivity contribution in [2.24, 2.45) is 0 Å². The van der Waals surface area contributed by atoms with Gasteiger partial charge in [0.25, 0.3) is 0 Å². The summed E-state index contributed by atoms with van der Waals surface area (Å²) in [5, 5.41) is 2.72. The molecule has 2 aromatic rings. The largest absolute Gasteiger partial charge is 0.444 e. The maximum absolute atomic E-state index is 14.6. The molecule has 0 radical (unpaired) electrons. The second-order valence-electron chi connectivity index (χ2n) is 7.83. The molecule has 9 heteroatoms. The van der Waals surface area contributed by atoms with Crippen LogP contribution in [0.3, 0.4) is 0 Å². The van der Waals surface area contributed by atoms with Gasteiger partial charge >= 0.3 is 6.09 Å². The molecule has 6 nitrogen and oxygen atoms in total. The first-order valence-electron chi connectivity index (χ1n) is 8.83. The minimum absolute atomic E-state index is 0.0131. The molecule has 0 spiro atoms. The van der Waals surface area contributed by atoms with Crippen LogP contribution in [0, 0.1) is 5.82 Å². The molecule has 1 atom stereocenters.